The van der Waals surface area contributed by atoms with E-state index >= 15 is 0 Å². The van der Waals surface area contributed by atoms with Gasteiger partial charge in [-0.1, -0.05) is 15.9 Å². The molecule has 0 unspecified atom stereocenters. The first-order valence-corrected chi connectivity index (χ1v) is 5.64. The Balaban J connectivity index is 2.99. The van der Waals surface area contributed by atoms with Crippen molar-refractivity contribution in [3.05, 3.63) is 31.8 Å². The molecule has 0 N–H and O–H groups in total. The van der Waals surface area contributed by atoms with E-state index in [-0.39, 0.29) is 5.97 Å². The highest BCUT2D eigenvalue weighted by Gasteiger charge is 2.10. The Hall–Kier alpha value is -0.100. The molecule has 0 spiro atoms. The summed E-state index contributed by atoms with van der Waals surface area (Å²) in [5.74, 6) is -0.270. The molecule has 1 aromatic rings. The first-order valence-electron chi connectivity index (χ1n) is 3.77. The lowest BCUT2D eigenvalue weighted by molar-refractivity contribution is 0.0525. The molecule has 4 heteroatoms. The van der Waals surface area contributed by atoms with Gasteiger partial charge in [-0.15, -0.1) is 0 Å². The van der Waals surface area contributed by atoms with Crippen LogP contribution in [0.4, 0.5) is 0 Å². The molecule has 70 valence electrons. The normalized spacial score (nSPS) is 9.77. The lowest BCUT2D eigenvalue weighted by Crippen LogP contribution is -2.06. The zero-order valence-electron chi connectivity index (χ0n) is 7.01. The Morgan fingerprint density at radius 3 is 2.92 bits per heavy atom. The summed E-state index contributed by atoms with van der Waals surface area (Å²) >= 11 is 5.41. The average molecular weight is 355 g/mol. The molecule has 0 aromatic heterocycles. The highest BCUT2D eigenvalue weighted by Crippen LogP contribution is 2.19. The second kappa shape index (κ2) is 4.95. The van der Waals surface area contributed by atoms with Crippen molar-refractivity contribution in [2.75, 3.05) is 6.61 Å². The molecule has 2 nitrogen and oxygen atoms in total. The molecule has 13 heavy (non-hydrogen) atoms. The van der Waals surface area contributed by atoms with Crippen LogP contribution in [0.3, 0.4) is 0 Å². The Bertz CT molecular complexity index is 325. The maximum Gasteiger partial charge on any atom is 0.339 e. The summed E-state index contributed by atoms with van der Waals surface area (Å²) in [4.78, 5) is 11.4. The molecule has 0 amide bonds. The van der Waals surface area contributed by atoms with Crippen LogP contribution in [0.2, 0.25) is 0 Å². The molecular weight excluding hydrogens is 347 g/mol. The van der Waals surface area contributed by atoms with Crippen LogP contribution in [-0.2, 0) is 4.74 Å². The van der Waals surface area contributed by atoms with Gasteiger partial charge in [0.25, 0.3) is 0 Å². The van der Waals surface area contributed by atoms with Crippen LogP contribution in [0.1, 0.15) is 17.3 Å². The van der Waals surface area contributed by atoms with Crippen LogP contribution in [0.15, 0.2) is 22.7 Å². The zero-order valence-corrected chi connectivity index (χ0v) is 10.8. The fraction of sp³-hybridized carbons (Fsp3) is 0.222. The van der Waals surface area contributed by atoms with Gasteiger partial charge in [0.1, 0.15) is 0 Å². The van der Waals surface area contributed by atoms with E-state index < -0.39 is 0 Å². The molecule has 1 aromatic carbocycles. The first kappa shape index (κ1) is 11.0. The fourth-order valence-electron chi connectivity index (χ4n) is 0.863. The summed E-state index contributed by atoms with van der Waals surface area (Å²) in [6.07, 6.45) is 0. The van der Waals surface area contributed by atoms with Gasteiger partial charge in [-0.25, -0.2) is 4.79 Å². The third-order valence-electron chi connectivity index (χ3n) is 1.42. The molecule has 0 bridgehead atoms. The topological polar surface area (TPSA) is 26.3 Å². The number of benzene rings is 1. The van der Waals surface area contributed by atoms with Crippen molar-refractivity contribution in [2.45, 2.75) is 6.92 Å². The standard InChI is InChI=1S/C9H8BrIO2/c1-2-13-9(12)7-5-6(10)3-4-8(7)11/h3-5H,2H2,1H3. The van der Waals surface area contributed by atoms with Crippen molar-refractivity contribution in [1.82, 2.24) is 0 Å². The smallest absolute Gasteiger partial charge is 0.339 e. The van der Waals surface area contributed by atoms with Gasteiger partial charge in [0, 0.05) is 8.04 Å². The van der Waals surface area contributed by atoms with Crippen LogP contribution in [0.5, 0.6) is 0 Å². The fourth-order valence-corrected chi connectivity index (χ4v) is 1.78. The van der Waals surface area contributed by atoms with Crippen molar-refractivity contribution in [2.24, 2.45) is 0 Å². The summed E-state index contributed by atoms with van der Waals surface area (Å²) in [5.41, 5.74) is 0.608. The minimum atomic E-state index is -0.270. The second-order valence-electron chi connectivity index (χ2n) is 2.34. The largest absolute Gasteiger partial charge is 0.462 e. The summed E-state index contributed by atoms with van der Waals surface area (Å²) in [6.45, 7) is 2.20. The number of ether oxygens (including phenoxy) is 1. The molecule has 0 fully saturated rings. The minimum absolute atomic E-state index is 0.270. The highest BCUT2D eigenvalue weighted by molar-refractivity contribution is 14.1. The van der Waals surface area contributed by atoms with Gasteiger partial charge < -0.3 is 4.74 Å². The quantitative estimate of drug-likeness (QED) is 0.602. The summed E-state index contributed by atoms with van der Waals surface area (Å²) in [7, 11) is 0. The Labute approximate surface area is 98.9 Å². The Morgan fingerprint density at radius 2 is 2.31 bits per heavy atom. The third kappa shape index (κ3) is 2.95. The number of esters is 1. The van der Waals surface area contributed by atoms with E-state index in [4.69, 9.17) is 4.74 Å². The predicted molar refractivity (Wildman–Crippen MR) is 62.8 cm³/mol. The van der Waals surface area contributed by atoms with Gasteiger partial charge in [0.2, 0.25) is 0 Å². The zero-order chi connectivity index (χ0) is 9.84. The maximum atomic E-state index is 11.4. The van der Waals surface area contributed by atoms with Crippen LogP contribution < -0.4 is 0 Å². The van der Waals surface area contributed by atoms with Crippen molar-refractivity contribution >= 4 is 44.5 Å². The monoisotopic (exact) mass is 354 g/mol. The van der Waals surface area contributed by atoms with E-state index in [0.717, 1.165) is 8.04 Å². The van der Waals surface area contributed by atoms with Gasteiger partial charge in [-0.3, -0.25) is 0 Å². The van der Waals surface area contributed by atoms with E-state index in [9.17, 15) is 4.79 Å². The summed E-state index contributed by atoms with van der Waals surface area (Å²) in [6, 6.07) is 5.53. The number of hydrogen-bond acceptors (Lipinski definition) is 2. The molecule has 0 aliphatic heterocycles. The number of hydrogen-bond donors (Lipinski definition) is 0. The molecule has 1 rings (SSSR count). The van der Waals surface area contributed by atoms with E-state index in [0.29, 0.717) is 12.2 Å². The lowest BCUT2D eigenvalue weighted by atomic mass is 10.2. The second-order valence-corrected chi connectivity index (χ2v) is 4.42. The maximum absolute atomic E-state index is 11.4. The Kier molecular flexibility index (Phi) is 4.18. The van der Waals surface area contributed by atoms with Gasteiger partial charge in [-0.2, -0.15) is 0 Å². The van der Waals surface area contributed by atoms with E-state index in [1.807, 2.05) is 12.1 Å². The highest BCUT2D eigenvalue weighted by atomic mass is 127. The molecule has 0 heterocycles. The van der Waals surface area contributed by atoms with Gasteiger partial charge in [0.05, 0.1) is 12.2 Å². The lowest BCUT2D eigenvalue weighted by Gasteiger charge is -2.04. The number of rotatable bonds is 2. The molecule has 0 radical (unpaired) electrons. The van der Waals surface area contributed by atoms with Crippen LogP contribution in [-0.4, -0.2) is 12.6 Å². The molecule has 0 aliphatic rings. The van der Waals surface area contributed by atoms with Gasteiger partial charge >= 0.3 is 5.97 Å². The van der Waals surface area contributed by atoms with Crippen LogP contribution >= 0.6 is 38.5 Å². The summed E-state index contributed by atoms with van der Waals surface area (Å²) < 4.78 is 6.69. The number of carbonyl (C=O) groups is 1. The van der Waals surface area contributed by atoms with E-state index in [1.165, 1.54) is 0 Å². The molecule has 0 saturated carbocycles. The molecule has 0 aliphatic carbocycles. The summed E-state index contributed by atoms with van der Waals surface area (Å²) in [5, 5.41) is 0. The van der Waals surface area contributed by atoms with Crippen LogP contribution in [0.25, 0.3) is 0 Å². The number of halogens is 2. The SMILES string of the molecule is CCOC(=O)c1cc(Br)ccc1I. The first-order chi connectivity index (χ1) is 6.15. The van der Waals surface area contributed by atoms with Gasteiger partial charge in [0.15, 0.2) is 0 Å². The van der Waals surface area contributed by atoms with Crippen molar-refractivity contribution in [3.63, 3.8) is 0 Å². The third-order valence-corrected chi connectivity index (χ3v) is 2.86. The van der Waals surface area contributed by atoms with E-state index in [2.05, 4.69) is 38.5 Å². The molecular formula is C9H8BrIO2. The van der Waals surface area contributed by atoms with E-state index in [1.54, 1.807) is 13.0 Å². The predicted octanol–water partition coefficient (Wildman–Crippen LogP) is 3.23. The van der Waals surface area contributed by atoms with Gasteiger partial charge in [-0.05, 0) is 47.7 Å². The van der Waals surface area contributed by atoms with Crippen molar-refractivity contribution in [3.8, 4) is 0 Å². The molecule has 0 atom stereocenters. The number of carbonyl (C=O) groups excluding carboxylic acids is 1. The molecule has 0 saturated heterocycles. The van der Waals surface area contributed by atoms with Crippen molar-refractivity contribution in [1.29, 1.82) is 0 Å². The Morgan fingerprint density at radius 1 is 1.62 bits per heavy atom. The minimum Gasteiger partial charge on any atom is -0.462 e. The average Bonchev–Trinajstić information content (AvgIpc) is 2.09. The van der Waals surface area contributed by atoms with Crippen molar-refractivity contribution < 1.29 is 9.53 Å². The van der Waals surface area contributed by atoms with Crippen LogP contribution in [0, 0.1) is 3.57 Å².